The van der Waals surface area contributed by atoms with Crippen LogP contribution in [0.5, 0.6) is 0 Å². The maximum absolute atomic E-state index is 11.8. The maximum Gasteiger partial charge on any atom is 0.323 e. The molecule has 1 aromatic carbocycles. The summed E-state index contributed by atoms with van der Waals surface area (Å²) in [7, 11) is 0. The number of rotatable bonds is 4. The smallest absolute Gasteiger partial charge is 0.323 e. The number of nitrogens with zero attached hydrogens (tertiary/aromatic N) is 1. The number of benzene rings is 1. The number of nitro benzene ring substituents is 1. The quantitative estimate of drug-likeness (QED) is 0.517. The largest absolute Gasteiger partial charge is 0.459 e. The van der Waals surface area contributed by atoms with Crippen LogP contribution in [0.4, 0.5) is 5.69 Å². The molecule has 1 aromatic rings. The van der Waals surface area contributed by atoms with Gasteiger partial charge < -0.3 is 10.5 Å². The van der Waals surface area contributed by atoms with Gasteiger partial charge in [0.15, 0.2) is 0 Å². The molecule has 2 N–H and O–H groups in total. The van der Waals surface area contributed by atoms with E-state index in [0.29, 0.717) is 11.1 Å². The van der Waals surface area contributed by atoms with E-state index in [-0.39, 0.29) is 12.1 Å². The van der Waals surface area contributed by atoms with Crippen LogP contribution in [0, 0.1) is 17.0 Å². The van der Waals surface area contributed by atoms with Gasteiger partial charge in [0.25, 0.3) is 5.69 Å². The third-order valence-electron chi connectivity index (χ3n) is 2.76. The van der Waals surface area contributed by atoms with E-state index in [1.807, 2.05) is 0 Å². The lowest BCUT2D eigenvalue weighted by Gasteiger charge is -2.22. The third-order valence-corrected chi connectivity index (χ3v) is 2.76. The van der Waals surface area contributed by atoms with E-state index in [2.05, 4.69) is 0 Å². The first-order valence-corrected chi connectivity index (χ1v) is 6.33. The van der Waals surface area contributed by atoms with Crippen molar-refractivity contribution >= 4 is 11.7 Å². The van der Waals surface area contributed by atoms with E-state index in [4.69, 9.17) is 10.5 Å². The number of nitrogens with two attached hydrogens (primary N) is 1. The molecule has 0 spiro atoms. The predicted molar refractivity (Wildman–Crippen MR) is 75.4 cm³/mol. The molecule has 1 unspecified atom stereocenters. The van der Waals surface area contributed by atoms with Crippen molar-refractivity contribution in [3.63, 3.8) is 0 Å². The number of ether oxygens (including phenoxy) is 1. The van der Waals surface area contributed by atoms with Gasteiger partial charge in [0.2, 0.25) is 0 Å². The minimum atomic E-state index is -0.838. The molecule has 0 saturated heterocycles. The Balaban J connectivity index is 2.86. The number of esters is 1. The zero-order valence-corrected chi connectivity index (χ0v) is 12.2. The van der Waals surface area contributed by atoms with Crippen LogP contribution in [0.15, 0.2) is 18.2 Å². The van der Waals surface area contributed by atoms with E-state index in [1.54, 1.807) is 39.8 Å². The fourth-order valence-electron chi connectivity index (χ4n) is 1.79. The molecule has 0 radical (unpaired) electrons. The first-order chi connectivity index (χ1) is 9.11. The Morgan fingerprint density at radius 1 is 1.45 bits per heavy atom. The van der Waals surface area contributed by atoms with E-state index in [0.717, 1.165) is 0 Å². The molecule has 0 heterocycles. The fraction of sp³-hybridized carbons (Fsp3) is 0.500. The number of hydrogen-bond donors (Lipinski definition) is 1. The Kier molecular flexibility index (Phi) is 4.83. The van der Waals surface area contributed by atoms with Gasteiger partial charge in [-0.15, -0.1) is 0 Å². The molecule has 1 atom stereocenters. The second-order valence-electron chi connectivity index (χ2n) is 5.66. The summed E-state index contributed by atoms with van der Waals surface area (Å²) in [6, 6.07) is 3.90. The van der Waals surface area contributed by atoms with Crippen molar-refractivity contribution in [2.75, 3.05) is 0 Å². The van der Waals surface area contributed by atoms with Crippen molar-refractivity contribution in [3.8, 4) is 0 Å². The van der Waals surface area contributed by atoms with Crippen LogP contribution in [0.25, 0.3) is 0 Å². The Labute approximate surface area is 118 Å². The molecule has 0 amide bonds. The number of carbonyl (C=O) groups excluding carboxylic acids is 1. The molecule has 6 heteroatoms. The fourth-order valence-corrected chi connectivity index (χ4v) is 1.79. The molecular formula is C14H20N2O4. The lowest BCUT2D eigenvalue weighted by atomic mass is 10.00. The van der Waals surface area contributed by atoms with Crippen molar-refractivity contribution in [1.82, 2.24) is 0 Å². The number of nitro groups is 1. The highest BCUT2D eigenvalue weighted by Crippen LogP contribution is 2.22. The van der Waals surface area contributed by atoms with Gasteiger partial charge in [-0.3, -0.25) is 14.9 Å². The predicted octanol–water partition coefficient (Wildman–Crippen LogP) is 2.11. The van der Waals surface area contributed by atoms with Crippen molar-refractivity contribution in [3.05, 3.63) is 39.4 Å². The monoisotopic (exact) mass is 280 g/mol. The highest BCUT2D eigenvalue weighted by molar-refractivity contribution is 5.76. The van der Waals surface area contributed by atoms with Gasteiger partial charge in [0, 0.05) is 11.6 Å². The van der Waals surface area contributed by atoms with Gasteiger partial charge in [-0.2, -0.15) is 0 Å². The van der Waals surface area contributed by atoms with E-state index in [9.17, 15) is 14.9 Å². The summed E-state index contributed by atoms with van der Waals surface area (Å²) >= 11 is 0. The molecule has 1 rings (SSSR count). The summed E-state index contributed by atoms with van der Waals surface area (Å²) in [6.45, 7) is 6.93. The molecule has 0 aromatic heterocycles. The first kappa shape index (κ1) is 16.1. The minimum Gasteiger partial charge on any atom is -0.459 e. The average Bonchev–Trinajstić information content (AvgIpc) is 2.29. The highest BCUT2D eigenvalue weighted by Gasteiger charge is 2.24. The second kappa shape index (κ2) is 6.00. The van der Waals surface area contributed by atoms with Crippen molar-refractivity contribution in [2.45, 2.75) is 45.8 Å². The molecule has 0 saturated carbocycles. The third kappa shape index (κ3) is 4.31. The molecule has 0 fully saturated rings. The minimum absolute atomic E-state index is 0.0267. The summed E-state index contributed by atoms with van der Waals surface area (Å²) in [5.41, 5.74) is 6.43. The number of hydrogen-bond acceptors (Lipinski definition) is 5. The van der Waals surface area contributed by atoms with Crippen molar-refractivity contribution in [1.29, 1.82) is 0 Å². The van der Waals surface area contributed by atoms with Gasteiger partial charge in [-0.25, -0.2) is 0 Å². The van der Waals surface area contributed by atoms with Crippen LogP contribution in [0.2, 0.25) is 0 Å². The normalized spacial score (nSPS) is 12.8. The number of carbonyl (C=O) groups is 1. The molecule has 20 heavy (non-hydrogen) atoms. The lowest BCUT2D eigenvalue weighted by molar-refractivity contribution is -0.385. The summed E-state index contributed by atoms with van der Waals surface area (Å²) in [5.74, 6) is -0.511. The van der Waals surface area contributed by atoms with Gasteiger partial charge in [-0.05, 0) is 39.7 Å². The second-order valence-corrected chi connectivity index (χ2v) is 5.66. The lowest BCUT2D eigenvalue weighted by Crippen LogP contribution is -2.39. The molecule has 0 aliphatic carbocycles. The van der Waals surface area contributed by atoms with E-state index < -0.39 is 22.5 Å². The summed E-state index contributed by atoms with van der Waals surface area (Å²) < 4.78 is 5.19. The topological polar surface area (TPSA) is 95.5 Å². The summed E-state index contributed by atoms with van der Waals surface area (Å²) in [5, 5.41) is 10.9. The van der Waals surface area contributed by atoms with Gasteiger partial charge in [0.05, 0.1) is 4.92 Å². The van der Waals surface area contributed by atoms with Gasteiger partial charge in [0.1, 0.15) is 11.6 Å². The first-order valence-electron chi connectivity index (χ1n) is 6.33. The van der Waals surface area contributed by atoms with Gasteiger partial charge >= 0.3 is 5.97 Å². The Bertz CT molecular complexity index is 520. The molecule has 0 aliphatic heterocycles. The Morgan fingerprint density at radius 2 is 2.05 bits per heavy atom. The molecule has 0 bridgehead atoms. The van der Waals surface area contributed by atoms with Crippen LogP contribution >= 0.6 is 0 Å². The van der Waals surface area contributed by atoms with Crippen LogP contribution in [0.1, 0.15) is 31.9 Å². The van der Waals surface area contributed by atoms with Crippen LogP contribution in [-0.2, 0) is 16.0 Å². The zero-order chi connectivity index (χ0) is 15.5. The zero-order valence-electron chi connectivity index (χ0n) is 12.2. The van der Waals surface area contributed by atoms with Crippen molar-refractivity contribution < 1.29 is 14.5 Å². The highest BCUT2D eigenvalue weighted by atomic mass is 16.6. The summed E-state index contributed by atoms with van der Waals surface area (Å²) in [4.78, 5) is 22.2. The van der Waals surface area contributed by atoms with Crippen LogP contribution in [-0.4, -0.2) is 22.5 Å². The van der Waals surface area contributed by atoms with Crippen LogP contribution in [0.3, 0.4) is 0 Å². The maximum atomic E-state index is 11.8. The molecule has 110 valence electrons. The average molecular weight is 280 g/mol. The molecular weight excluding hydrogens is 260 g/mol. The van der Waals surface area contributed by atoms with E-state index >= 15 is 0 Å². The van der Waals surface area contributed by atoms with Gasteiger partial charge in [-0.1, -0.05) is 12.1 Å². The SMILES string of the molecule is Cc1c(CC(N)C(=O)OC(C)(C)C)cccc1[N+](=O)[O-]. The molecule has 6 nitrogen and oxygen atoms in total. The molecule has 0 aliphatic rings. The Morgan fingerprint density at radius 3 is 2.55 bits per heavy atom. The standard InChI is InChI=1S/C14H20N2O4/c1-9-10(6-5-7-12(9)16(18)19)8-11(15)13(17)20-14(2,3)4/h5-7,11H,8,15H2,1-4H3. The van der Waals surface area contributed by atoms with Crippen LogP contribution < -0.4 is 5.73 Å². The Hall–Kier alpha value is -1.95. The van der Waals surface area contributed by atoms with Crippen molar-refractivity contribution in [2.24, 2.45) is 5.73 Å². The van der Waals surface area contributed by atoms with E-state index in [1.165, 1.54) is 6.07 Å². The summed E-state index contributed by atoms with van der Waals surface area (Å²) in [6.07, 6.45) is 0.211.